The lowest BCUT2D eigenvalue weighted by molar-refractivity contribution is -0.119. The normalized spacial score (nSPS) is 19.5. The Labute approximate surface area is 686 Å². The van der Waals surface area contributed by atoms with Crippen LogP contribution in [0.15, 0.2) is 155 Å². The second kappa shape index (κ2) is 31.6. The van der Waals surface area contributed by atoms with Crippen LogP contribution in [0, 0.1) is 32.4 Å². The first-order valence-electron chi connectivity index (χ1n) is 38.1. The Bertz CT molecular complexity index is 5090. The zero-order chi connectivity index (χ0) is 82.9. The molecule has 3 saturated carbocycles. The third-order valence-corrected chi connectivity index (χ3v) is 25.3. The summed E-state index contributed by atoms with van der Waals surface area (Å²) < 4.78 is 97.5. The fourth-order valence-corrected chi connectivity index (χ4v) is 14.4. The average Bonchev–Trinajstić information content (AvgIpc) is 1.63. The summed E-state index contributed by atoms with van der Waals surface area (Å²) in [5, 5.41) is 9.15. The quantitative estimate of drug-likeness (QED) is 0.0632. The zero-order valence-electron chi connectivity index (χ0n) is 67.1. The van der Waals surface area contributed by atoms with Gasteiger partial charge in [-0.3, -0.25) is 24.0 Å². The van der Waals surface area contributed by atoms with Gasteiger partial charge in [-0.05, 0) is 300 Å². The van der Waals surface area contributed by atoms with E-state index in [-0.39, 0.29) is 71.6 Å². The topological polar surface area (TPSA) is 284 Å². The van der Waals surface area contributed by atoms with E-state index in [9.17, 15) is 32.8 Å². The van der Waals surface area contributed by atoms with E-state index in [0.29, 0.717) is 38.5 Å². The molecule has 6 aliphatic heterocycles. The highest BCUT2D eigenvalue weighted by molar-refractivity contribution is 9.10. The van der Waals surface area contributed by atoms with Gasteiger partial charge < -0.3 is 83.8 Å². The van der Waals surface area contributed by atoms with Crippen molar-refractivity contribution >= 4 is 105 Å². The summed E-state index contributed by atoms with van der Waals surface area (Å²) in [6, 6.07) is 42.4. The number of anilines is 3. The number of benzene rings is 8. The van der Waals surface area contributed by atoms with Gasteiger partial charge in [0.25, 0.3) is 0 Å². The van der Waals surface area contributed by atoms with Crippen LogP contribution in [-0.4, -0.2) is 105 Å². The second-order valence-corrected chi connectivity index (χ2v) is 35.0. The molecule has 5 amide bonds. The van der Waals surface area contributed by atoms with Crippen LogP contribution in [0.1, 0.15) is 176 Å². The minimum atomic E-state index is -0.688. The van der Waals surface area contributed by atoms with Crippen molar-refractivity contribution < 1.29 is 89.1 Å². The number of carbonyl (C=O) groups excluding carboxylic acids is 5. The summed E-state index contributed by atoms with van der Waals surface area (Å²) in [5.41, 5.74) is 16.5. The van der Waals surface area contributed by atoms with Crippen LogP contribution in [0.5, 0.6) is 34.5 Å². The zero-order valence-corrected chi connectivity index (χ0v) is 70.2. The lowest BCUT2D eigenvalue weighted by atomic mass is 9.49. The van der Waals surface area contributed by atoms with Crippen LogP contribution in [-0.2, 0) is 58.6 Å². The number of halogens is 4. The first-order valence-corrected chi connectivity index (χ1v) is 39.7. The van der Waals surface area contributed by atoms with Crippen LogP contribution < -0.4 is 61.3 Å². The van der Waals surface area contributed by atoms with Crippen LogP contribution in [0.25, 0.3) is 11.1 Å². The molecule has 602 valence electrons. The number of amides is 5. The van der Waals surface area contributed by atoms with Crippen molar-refractivity contribution in [2.75, 3.05) is 36.3 Å². The largest absolute Gasteiger partial charge is 0.495 e. The molecule has 6 heterocycles. The summed E-state index contributed by atoms with van der Waals surface area (Å²) >= 11 is 6.45. The molecule has 8 aromatic carbocycles. The Hall–Kier alpha value is -9.32. The number of ether oxygens (including phenoxy) is 6. The van der Waals surface area contributed by atoms with Crippen molar-refractivity contribution in [1.29, 1.82) is 0 Å². The van der Waals surface area contributed by atoms with Gasteiger partial charge in [-0.1, -0.05) is 64.0 Å². The molecule has 3 saturated heterocycles. The Morgan fingerprint density at radius 2 is 0.696 bits per heavy atom. The monoisotopic (exact) mass is 1700 g/mol. The summed E-state index contributed by atoms with van der Waals surface area (Å²) in [6.45, 7) is 30.9. The minimum Gasteiger partial charge on any atom is -0.454 e. The summed E-state index contributed by atoms with van der Waals surface area (Å²) in [6.07, 6.45) is 4.81. The molecule has 7 N–H and O–H groups in total. The minimum absolute atomic E-state index is 0.00455. The molecule has 8 aromatic rings. The van der Waals surface area contributed by atoms with E-state index >= 15 is 0 Å². The van der Waals surface area contributed by atoms with Crippen LogP contribution in [0.3, 0.4) is 0 Å². The molecule has 17 rings (SSSR count). The predicted molar refractivity (Wildman–Crippen MR) is 442 cm³/mol. The van der Waals surface area contributed by atoms with Crippen molar-refractivity contribution in [2.24, 2.45) is 11.5 Å². The van der Waals surface area contributed by atoms with E-state index in [4.69, 9.17) is 67.8 Å². The average molecular weight is 1700 g/mol. The maximum Gasteiger partial charge on any atom is 0.495 e. The van der Waals surface area contributed by atoms with Crippen molar-refractivity contribution in [3.63, 3.8) is 0 Å². The summed E-state index contributed by atoms with van der Waals surface area (Å²) in [4.78, 5) is 61.1. The number of nitrogens with one attached hydrogen (secondary N) is 3. The van der Waals surface area contributed by atoms with Gasteiger partial charge in [-0.25, -0.2) is 8.78 Å². The number of aryl methyl sites for hydroxylation is 3. The van der Waals surface area contributed by atoms with Gasteiger partial charge in [-0.2, -0.15) is 0 Å². The second-order valence-electron chi connectivity index (χ2n) is 33.3. The molecular weight excluding hydrogens is 1610 g/mol. The Kier molecular flexibility index (Phi) is 23.0. The molecule has 0 spiro atoms. The Balaban J connectivity index is 0.000000130. The summed E-state index contributed by atoms with van der Waals surface area (Å²) in [7, 11) is -1.42. The smallest absolute Gasteiger partial charge is 0.454 e. The third-order valence-electron chi connectivity index (χ3n) is 23.8. The Morgan fingerprint density at radius 3 is 1.06 bits per heavy atom. The number of nitrogens with two attached hydrogens (primary N) is 2. The lowest BCUT2D eigenvalue weighted by Crippen LogP contribution is -2.41. The molecule has 9 aliphatic rings. The van der Waals surface area contributed by atoms with Crippen LogP contribution in [0.2, 0.25) is 0 Å². The third kappa shape index (κ3) is 17.3. The highest BCUT2D eigenvalue weighted by Gasteiger charge is 2.64. The molecule has 6 fully saturated rings. The van der Waals surface area contributed by atoms with Gasteiger partial charge in [0.2, 0.25) is 49.9 Å². The predicted octanol–water partition coefficient (Wildman–Crippen LogP) is 16.1. The molecule has 0 bridgehead atoms. The fourth-order valence-electron chi connectivity index (χ4n) is 13.8. The molecule has 0 aromatic heterocycles. The highest BCUT2D eigenvalue weighted by atomic mass is 79.9. The van der Waals surface area contributed by atoms with Gasteiger partial charge in [-0.15, -0.1) is 0 Å². The number of primary amides is 2. The van der Waals surface area contributed by atoms with Crippen molar-refractivity contribution in [3.05, 3.63) is 211 Å². The first kappa shape index (κ1) is 83.6. The lowest BCUT2D eigenvalue weighted by Gasteiger charge is -2.32. The van der Waals surface area contributed by atoms with E-state index in [0.717, 1.165) is 123 Å². The van der Waals surface area contributed by atoms with Crippen LogP contribution in [0.4, 0.5) is 25.8 Å². The van der Waals surface area contributed by atoms with Crippen molar-refractivity contribution in [2.45, 2.75) is 192 Å². The SMILES string of the molecule is CC1(C)OB(B2OC(C)(C)C(C)(C)O2)OC1(C)C.Cc1ccc(NC(=O)C2(c3ccc4c(c3)OCO4)CC2)cc1-c1ccc(C(N)=O)cc1F.Cc1ccc(NC(=O)C2(c3ccc4c(c3)OCO4)CC2)cc1B1OC(C)(C)C(C)(C)O1.Cc1ccc(NC(=O)C2(c3ccc4c(c3)OCO4)CC2)cc1Br.NC(=O)c1ccc(Br)c(F)c1. The summed E-state index contributed by atoms with van der Waals surface area (Å²) in [5.74, 6) is 1.79. The van der Waals surface area contributed by atoms with Gasteiger partial charge in [0.1, 0.15) is 11.6 Å². The number of fused-ring (bicyclic) bond motifs is 3. The maximum absolute atomic E-state index is 14.7. The highest BCUT2D eigenvalue weighted by Crippen LogP contribution is 2.55. The molecule has 0 atom stereocenters. The van der Waals surface area contributed by atoms with Crippen molar-refractivity contribution in [3.8, 4) is 45.6 Å². The molecule has 29 heteroatoms. The van der Waals surface area contributed by atoms with Gasteiger partial charge in [0, 0.05) is 38.2 Å². The molecule has 0 radical (unpaired) electrons. The maximum atomic E-state index is 14.7. The number of rotatable bonds is 14. The number of hydrogen-bond acceptors (Lipinski definition) is 17. The number of hydrogen-bond donors (Lipinski definition) is 5. The van der Waals surface area contributed by atoms with Crippen LogP contribution >= 0.6 is 31.9 Å². The molecule has 0 unspecified atom stereocenters. The molecule has 115 heavy (non-hydrogen) atoms. The van der Waals surface area contributed by atoms with Gasteiger partial charge >= 0.3 is 21.1 Å². The van der Waals surface area contributed by atoms with E-state index in [2.05, 4.69) is 47.8 Å². The fraction of sp³-hybridized carbons (Fsp3) is 0.384. The molecular formula is C86H94B3Br2F2N5O17. The van der Waals surface area contributed by atoms with E-state index in [1.165, 1.54) is 24.3 Å². The van der Waals surface area contributed by atoms with E-state index in [1.54, 1.807) is 12.1 Å². The van der Waals surface area contributed by atoms with Gasteiger partial charge in [0.15, 0.2) is 34.5 Å². The standard InChI is InChI=1S/C25H21FN2O4.C24H28BNO5.C18H16BrNO3.C12H24B2O4.C7H5BrFNO/c1-14-2-5-17(12-19(14)18-6-3-15(23(27)29)10-20(18)26)28-24(30)25(8-9-25)16-4-7-21-22(11-16)32-13-31-21;1-15-6-8-17(13-18(15)25-30-22(2,3)23(4,5)31-25)26-21(27)24(10-11-24)16-7-9-19-20(12-16)29-14-28-19;1-11-2-4-13(9-14(11)19)20-17(21)18(6-7-18)12-3-5-15-16(8-12)23-10-22-15;1-9(2)10(3,4)16-13(15-9)14-17-11(5,6)12(7,8)18-14;8-5-2-1-4(7(10)11)3-6(5)9/h2-7,10-12H,8-9,13H2,1H3,(H2,27,29)(H,28,30);6-9,12-13H,10-11,14H2,1-5H3,(H,26,27);2-5,8-9H,6-7,10H2,1H3,(H,20,21);1-8H3;1-3H,(H2,10,11). The first-order chi connectivity index (χ1) is 54.1. The Morgan fingerprint density at radius 1 is 0.357 bits per heavy atom. The van der Waals surface area contributed by atoms with Crippen molar-refractivity contribution in [1.82, 2.24) is 0 Å². The molecule has 3 aliphatic carbocycles. The molecule has 22 nitrogen and oxygen atoms in total. The van der Waals surface area contributed by atoms with Gasteiger partial charge in [0.05, 0.1) is 54.3 Å². The van der Waals surface area contributed by atoms with E-state index in [1.807, 2.05) is 201 Å². The van der Waals surface area contributed by atoms with E-state index < -0.39 is 72.0 Å². The number of carbonyl (C=O) groups is 5.